The Morgan fingerprint density at radius 1 is 1.24 bits per heavy atom. The first kappa shape index (κ1) is 20.6. The van der Waals surface area contributed by atoms with Crippen LogP contribution in [0.25, 0.3) is 0 Å². The Hall–Kier alpha value is -1.64. The Kier molecular flexibility index (Phi) is 5.38. The summed E-state index contributed by atoms with van der Waals surface area (Å²) in [5, 5.41) is 7.87. The summed E-state index contributed by atoms with van der Waals surface area (Å²) in [7, 11) is 0. The van der Waals surface area contributed by atoms with E-state index in [1.807, 2.05) is 25.1 Å². The zero-order chi connectivity index (χ0) is 20.8. The highest BCUT2D eigenvalue weighted by Crippen LogP contribution is 2.42. The van der Waals surface area contributed by atoms with Crippen LogP contribution < -0.4 is 5.73 Å². The maximum absolute atomic E-state index is 13.3. The molecule has 0 saturated heterocycles. The lowest BCUT2D eigenvalue weighted by atomic mass is 9.68. The predicted octanol–water partition coefficient (Wildman–Crippen LogP) is 3.99. The third-order valence-electron chi connectivity index (χ3n) is 6.64. The van der Waals surface area contributed by atoms with Gasteiger partial charge in [-0.05, 0) is 50.3 Å². The molecule has 2 aromatic rings. The molecular formula is C20H25ClF3N5. The molecule has 2 aliphatic rings. The van der Waals surface area contributed by atoms with Crippen LogP contribution in [0, 0.1) is 0 Å². The molecule has 9 heteroatoms. The lowest BCUT2D eigenvalue weighted by molar-refractivity contribution is -0.149. The van der Waals surface area contributed by atoms with E-state index in [2.05, 4.69) is 21.2 Å². The molecule has 1 saturated carbocycles. The van der Waals surface area contributed by atoms with Crippen molar-refractivity contribution < 1.29 is 13.2 Å². The minimum Gasteiger partial charge on any atom is -0.330 e. The van der Waals surface area contributed by atoms with E-state index in [4.69, 9.17) is 17.3 Å². The van der Waals surface area contributed by atoms with Crippen molar-refractivity contribution >= 4 is 11.6 Å². The molecule has 1 aromatic carbocycles. The average molecular weight is 428 g/mol. The number of halogens is 4. The lowest BCUT2D eigenvalue weighted by Gasteiger charge is -2.46. The summed E-state index contributed by atoms with van der Waals surface area (Å²) in [6, 6.07) is 8.18. The van der Waals surface area contributed by atoms with Crippen LogP contribution in [-0.2, 0) is 24.7 Å². The number of rotatable bonds is 3. The van der Waals surface area contributed by atoms with E-state index in [9.17, 15) is 13.2 Å². The molecule has 0 amide bonds. The monoisotopic (exact) mass is 427 g/mol. The van der Waals surface area contributed by atoms with Crippen molar-refractivity contribution in [2.24, 2.45) is 5.73 Å². The normalized spacial score (nSPS) is 28.3. The van der Waals surface area contributed by atoms with E-state index in [-0.39, 0.29) is 24.2 Å². The molecule has 0 spiro atoms. The van der Waals surface area contributed by atoms with Crippen molar-refractivity contribution in [3.63, 3.8) is 0 Å². The van der Waals surface area contributed by atoms with Crippen molar-refractivity contribution in [1.29, 1.82) is 0 Å². The minimum absolute atomic E-state index is 0.120. The molecule has 1 aliphatic carbocycles. The van der Waals surface area contributed by atoms with Crippen LogP contribution in [0.5, 0.6) is 0 Å². The highest BCUT2D eigenvalue weighted by atomic mass is 35.5. The largest absolute Gasteiger partial charge is 0.451 e. The van der Waals surface area contributed by atoms with E-state index in [0.717, 1.165) is 31.2 Å². The van der Waals surface area contributed by atoms with Gasteiger partial charge in [-0.1, -0.05) is 23.7 Å². The number of hydrogen-bond donors (Lipinski definition) is 1. The van der Waals surface area contributed by atoms with Crippen LogP contribution >= 0.6 is 11.6 Å². The van der Waals surface area contributed by atoms with Gasteiger partial charge in [-0.3, -0.25) is 9.47 Å². The van der Waals surface area contributed by atoms with Gasteiger partial charge in [-0.2, -0.15) is 13.2 Å². The first-order chi connectivity index (χ1) is 13.7. The van der Waals surface area contributed by atoms with E-state index in [0.29, 0.717) is 23.8 Å². The van der Waals surface area contributed by atoms with E-state index >= 15 is 0 Å². The second-order valence-corrected chi connectivity index (χ2v) is 8.74. The summed E-state index contributed by atoms with van der Waals surface area (Å²) in [6.07, 6.45) is -0.487. The van der Waals surface area contributed by atoms with Crippen LogP contribution in [0.15, 0.2) is 24.3 Å². The number of aromatic nitrogens is 3. The molecule has 1 fully saturated rings. The highest BCUT2D eigenvalue weighted by molar-refractivity contribution is 6.30. The Labute approximate surface area is 173 Å². The smallest absolute Gasteiger partial charge is 0.330 e. The van der Waals surface area contributed by atoms with Gasteiger partial charge in [-0.15, -0.1) is 10.2 Å². The quantitative estimate of drug-likeness (QED) is 0.804. The summed E-state index contributed by atoms with van der Waals surface area (Å²) < 4.78 is 41.1. The summed E-state index contributed by atoms with van der Waals surface area (Å²) in [5.74, 6) is -0.498. The van der Waals surface area contributed by atoms with Crippen molar-refractivity contribution in [1.82, 2.24) is 19.7 Å². The maximum atomic E-state index is 13.3. The van der Waals surface area contributed by atoms with E-state index in [1.54, 1.807) is 0 Å². The molecule has 1 aliphatic heterocycles. The van der Waals surface area contributed by atoms with Crippen LogP contribution in [-0.4, -0.2) is 38.3 Å². The van der Waals surface area contributed by atoms with Crippen LogP contribution in [0.3, 0.4) is 0 Å². The summed E-state index contributed by atoms with van der Waals surface area (Å²) >= 11 is 6.19. The second-order valence-electron chi connectivity index (χ2n) is 8.30. The maximum Gasteiger partial charge on any atom is 0.451 e. The first-order valence-corrected chi connectivity index (χ1v) is 10.3. The number of fused-ring (bicyclic) bond motifs is 1. The standard InChI is InChI=1S/C20H25ClF3N5/c1-13-9-17-26-27-18(20(22,23)24)29(17)12-28(13)16-5-7-19(11-25,8-6-16)14-3-2-4-15(21)10-14/h2-4,10,13,16H,5-9,11-12,25H2,1H3. The molecule has 1 unspecified atom stereocenters. The molecule has 1 aromatic heterocycles. The van der Waals surface area contributed by atoms with Gasteiger partial charge < -0.3 is 5.73 Å². The van der Waals surface area contributed by atoms with Gasteiger partial charge in [0.05, 0.1) is 6.67 Å². The minimum atomic E-state index is -4.49. The zero-order valence-electron chi connectivity index (χ0n) is 16.3. The van der Waals surface area contributed by atoms with Gasteiger partial charge in [-0.25, -0.2) is 0 Å². The predicted molar refractivity (Wildman–Crippen MR) is 104 cm³/mol. The molecule has 29 heavy (non-hydrogen) atoms. The lowest BCUT2D eigenvalue weighted by Crippen LogP contribution is -2.51. The van der Waals surface area contributed by atoms with Gasteiger partial charge in [0.15, 0.2) is 0 Å². The highest BCUT2D eigenvalue weighted by Gasteiger charge is 2.43. The first-order valence-electron chi connectivity index (χ1n) is 9.95. The van der Waals surface area contributed by atoms with Gasteiger partial charge in [0.1, 0.15) is 5.82 Å². The molecule has 0 bridgehead atoms. The molecule has 1 atom stereocenters. The van der Waals surface area contributed by atoms with Crippen LogP contribution in [0.2, 0.25) is 5.02 Å². The third kappa shape index (κ3) is 3.78. The van der Waals surface area contributed by atoms with Crippen molar-refractivity contribution in [3.8, 4) is 0 Å². The van der Waals surface area contributed by atoms with Gasteiger partial charge in [0, 0.05) is 35.5 Å². The molecule has 2 N–H and O–H groups in total. The fraction of sp³-hybridized carbons (Fsp3) is 0.600. The summed E-state index contributed by atoms with van der Waals surface area (Å²) in [5.41, 5.74) is 7.21. The molecule has 158 valence electrons. The van der Waals surface area contributed by atoms with Gasteiger partial charge >= 0.3 is 6.18 Å². The van der Waals surface area contributed by atoms with Crippen LogP contribution in [0.4, 0.5) is 13.2 Å². The molecular weight excluding hydrogens is 403 g/mol. The van der Waals surface area contributed by atoms with Gasteiger partial charge in [0.2, 0.25) is 5.82 Å². The van der Waals surface area contributed by atoms with E-state index in [1.165, 1.54) is 4.57 Å². The Bertz CT molecular complexity index is 873. The van der Waals surface area contributed by atoms with Crippen molar-refractivity contribution in [2.45, 2.75) is 69.4 Å². The van der Waals surface area contributed by atoms with E-state index < -0.39 is 12.0 Å². The topological polar surface area (TPSA) is 60.0 Å². The molecule has 4 rings (SSSR count). The Morgan fingerprint density at radius 2 is 1.97 bits per heavy atom. The third-order valence-corrected chi connectivity index (χ3v) is 6.87. The molecule has 0 radical (unpaired) electrons. The van der Waals surface area contributed by atoms with Gasteiger partial charge in [0.25, 0.3) is 0 Å². The van der Waals surface area contributed by atoms with Crippen molar-refractivity contribution in [3.05, 3.63) is 46.5 Å². The number of nitrogens with zero attached hydrogens (tertiary/aromatic N) is 4. The van der Waals surface area contributed by atoms with Crippen LogP contribution in [0.1, 0.15) is 49.8 Å². The average Bonchev–Trinajstić information content (AvgIpc) is 3.10. The molecule has 2 heterocycles. The number of alkyl halides is 3. The Morgan fingerprint density at radius 3 is 2.59 bits per heavy atom. The SMILES string of the molecule is CC1Cc2nnc(C(F)(F)F)n2CN1C1CCC(CN)(c2cccc(Cl)c2)CC1. The fourth-order valence-corrected chi connectivity index (χ4v) is 5.11. The second kappa shape index (κ2) is 7.56. The zero-order valence-corrected chi connectivity index (χ0v) is 17.0. The summed E-state index contributed by atoms with van der Waals surface area (Å²) in [4.78, 5) is 2.17. The number of hydrogen-bond acceptors (Lipinski definition) is 4. The number of nitrogens with two attached hydrogens (primary N) is 1. The van der Waals surface area contributed by atoms with Crippen molar-refractivity contribution in [2.75, 3.05) is 6.54 Å². The fourth-order valence-electron chi connectivity index (χ4n) is 4.92. The summed E-state index contributed by atoms with van der Waals surface area (Å²) in [6.45, 7) is 2.76. The molecule has 5 nitrogen and oxygen atoms in total. The number of benzene rings is 1. The Balaban J connectivity index is 1.52.